The van der Waals surface area contributed by atoms with Crippen LogP contribution in [-0.2, 0) is 4.79 Å². The van der Waals surface area contributed by atoms with Crippen molar-refractivity contribution in [2.24, 2.45) is 0 Å². The molecule has 0 atom stereocenters. The number of ether oxygens (including phenoxy) is 2. The van der Waals surface area contributed by atoms with E-state index in [4.69, 9.17) is 9.47 Å². The van der Waals surface area contributed by atoms with Crippen molar-refractivity contribution in [3.63, 3.8) is 0 Å². The average Bonchev–Trinajstić information content (AvgIpc) is 3.28. The first-order valence-corrected chi connectivity index (χ1v) is 10.9. The van der Waals surface area contributed by atoms with Gasteiger partial charge in [0.2, 0.25) is 0 Å². The minimum Gasteiger partial charge on any atom is -0.490 e. The molecule has 170 valence electrons. The maximum atomic E-state index is 12.4. The number of aromatic amines is 1. The van der Waals surface area contributed by atoms with Gasteiger partial charge in [0.05, 0.1) is 23.2 Å². The van der Waals surface area contributed by atoms with E-state index in [9.17, 15) is 10.1 Å². The Hall–Kier alpha value is -4.57. The van der Waals surface area contributed by atoms with Crippen LogP contribution in [0.1, 0.15) is 23.9 Å². The standard InChI is InChI=1S/C27H24N4O3/c1-3-33-25-15-19(14-20(16-28)27-30-22-10-6-7-11-23(22)31-27)12-13-24(25)34-17-26(32)29-21-9-5-4-8-18(21)2/h4-15H,3,17H2,1-2H3,(H,29,32)(H,30,31)/b20-14-. The molecule has 0 aliphatic rings. The van der Waals surface area contributed by atoms with Gasteiger partial charge in [-0.25, -0.2) is 4.98 Å². The average molecular weight is 453 g/mol. The number of hydrogen-bond acceptors (Lipinski definition) is 5. The Labute approximate surface area is 197 Å². The van der Waals surface area contributed by atoms with E-state index in [0.29, 0.717) is 29.5 Å². The number of fused-ring (bicyclic) bond motifs is 1. The highest BCUT2D eigenvalue weighted by molar-refractivity contribution is 5.93. The summed E-state index contributed by atoms with van der Waals surface area (Å²) in [7, 11) is 0. The molecule has 3 aromatic carbocycles. The first kappa shape index (κ1) is 22.6. The monoisotopic (exact) mass is 452 g/mol. The first-order chi connectivity index (χ1) is 16.6. The molecular weight excluding hydrogens is 428 g/mol. The Morgan fingerprint density at radius 1 is 1.09 bits per heavy atom. The predicted octanol–water partition coefficient (Wildman–Crippen LogP) is 5.35. The molecule has 0 aliphatic heterocycles. The molecule has 0 unspecified atom stereocenters. The van der Waals surface area contributed by atoms with Crippen LogP contribution in [0.5, 0.6) is 11.5 Å². The summed E-state index contributed by atoms with van der Waals surface area (Å²) in [5.41, 5.74) is 4.51. The second-order valence-electron chi connectivity index (χ2n) is 7.56. The Morgan fingerprint density at radius 3 is 2.65 bits per heavy atom. The summed E-state index contributed by atoms with van der Waals surface area (Å²) in [4.78, 5) is 20.0. The molecule has 1 heterocycles. The van der Waals surface area contributed by atoms with Gasteiger partial charge in [0.25, 0.3) is 5.91 Å². The molecule has 0 saturated heterocycles. The second kappa shape index (κ2) is 10.4. The lowest BCUT2D eigenvalue weighted by molar-refractivity contribution is -0.118. The van der Waals surface area contributed by atoms with E-state index >= 15 is 0 Å². The van der Waals surface area contributed by atoms with Crippen LogP contribution < -0.4 is 14.8 Å². The number of aromatic nitrogens is 2. The van der Waals surface area contributed by atoms with Gasteiger partial charge in [-0.05, 0) is 61.4 Å². The highest BCUT2D eigenvalue weighted by Gasteiger charge is 2.12. The first-order valence-electron chi connectivity index (χ1n) is 10.9. The summed E-state index contributed by atoms with van der Waals surface area (Å²) >= 11 is 0. The fraction of sp³-hybridized carbons (Fsp3) is 0.148. The third-order valence-electron chi connectivity index (χ3n) is 5.12. The molecule has 0 spiro atoms. The number of H-pyrrole nitrogens is 1. The fourth-order valence-corrected chi connectivity index (χ4v) is 3.45. The van der Waals surface area contributed by atoms with Gasteiger partial charge in [0, 0.05) is 5.69 Å². The number of nitrogens with one attached hydrogen (secondary N) is 2. The third kappa shape index (κ3) is 5.25. The Balaban J connectivity index is 1.51. The van der Waals surface area contributed by atoms with E-state index in [0.717, 1.165) is 27.8 Å². The zero-order chi connectivity index (χ0) is 23.9. The van der Waals surface area contributed by atoms with Crippen LogP contribution in [0.2, 0.25) is 0 Å². The van der Waals surface area contributed by atoms with Gasteiger partial charge in [-0.15, -0.1) is 0 Å². The number of carbonyl (C=O) groups is 1. The molecule has 34 heavy (non-hydrogen) atoms. The number of nitriles is 1. The molecule has 7 heteroatoms. The minimum absolute atomic E-state index is 0.161. The van der Waals surface area contributed by atoms with E-state index in [1.807, 2.05) is 62.4 Å². The SMILES string of the molecule is CCOc1cc(/C=C(/C#N)c2nc3ccccc3[nH]2)ccc1OCC(=O)Nc1ccccc1C. The molecule has 0 radical (unpaired) electrons. The lowest BCUT2D eigenvalue weighted by Gasteiger charge is -2.13. The summed E-state index contributed by atoms with van der Waals surface area (Å²) in [6.07, 6.45) is 1.73. The number of para-hydroxylation sites is 3. The maximum Gasteiger partial charge on any atom is 0.262 e. The fourth-order valence-electron chi connectivity index (χ4n) is 3.45. The normalized spacial score (nSPS) is 11.1. The van der Waals surface area contributed by atoms with Crippen molar-refractivity contribution in [3.05, 3.63) is 83.7 Å². The molecule has 0 aliphatic carbocycles. The number of carbonyl (C=O) groups excluding carboxylic acids is 1. The van der Waals surface area contributed by atoms with Gasteiger partial charge in [0.1, 0.15) is 11.9 Å². The van der Waals surface area contributed by atoms with E-state index in [1.54, 1.807) is 24.3 Å². The summed E-state index contributed by atoms with van der Waals surface area (Å²) in [6.45, 7) is 4.06. The molecule has 0 saturated carbocycles. The van der Waals surface area contributed by atoms with Gasteiger partial charge in [-0.2, -0.15) is 5.26 Å². The number of anilines is 1. The van der Waals surface area contributed by atoms with Crippen LogP contribution in [0, 0.1) is 18.3 Å². The number of aryl methyl sites for hydroxylation is 1. The molecule has 0 bridgehead atoms. The highest BCUT2D eigenvalue weighted by atomic mass is 16.5. The topological polar surface area (TPSA) is 100 Å². The maximum absolute atomic E-state index is 12.4. The van der Waals surface area contributed by atoms with E-state index in [1.165, 1.54) is 0 Å². The van der Waals surface area contributed by atoms with Crippen LogP contribution in [0.3, 0.4) is 0 Å². The highest BCUT2D eigenvalue weighted by Crippen LogP contribution is 2.30. The molecule has 7 nitrogen and oxygen atoms in total. The van der Waals surface area contributed by atoms with Gasteiger partial charge in [0.15, 0.2) is 18.1 Å². The van der Waals surface area contributed by atoms with E-state index < -0.39 is 0 Å². The predicted molar refractivity (Wildman–Crippen MR) is 132 cm³/mol. The largest absolute Gasteiger partial charge is 0.490 e. The van der Waals surface area contributed by atoms with E-state index in [2.05, 4.69) is 21.4 Å². The number of amides is 1. The number of hydrogen-bond donors (Lipinski definition) is 2. The van der Waals surface area contributed by atoms with Crippen molar-refractivity contribution in [3.8, 4) is 17.6 Å². The molecular formula is C27H24N4O3. The summed E-state index contributed by atoms with van der Waals surface area (Å²) < 4.78 is 11.5. The molecule has 2 N–H and O–H groups in total. The number of imidazole rings is 1. The zero-order valence-electron chi connectivity index (χ0n) is 19.0. The molecule has 4 rings (SSSR count). The lowest BCUT2D eigenvalue weighted by Crippen LogP contribution is -2.20. The second-order valence-corrected chi connectivity index (χ2v) is 7.56. The minimum atomic E-state index is -0.266. The Bertz CT molecular complexity index is 1370. The third-order valence-corrected chi connectivity index (χ3v) is 5.12. The van der Waals surface area contributed by atoms with Crippen molar-refractivity contribution >= 4 is 34.3 Å². The zero-order valence-corrected chi connectivity index (χ0v) is 19.0. The molecule has 4 aromatic rings. The van der Waals surface area contributed by atoms with Crippen molar-refractivity contribution in [1.29, 1.82) is 5.26 Å². The van der Waals surface area contributed by atoms with E-state index in [-0.39, 0.29) is 12.5 Å². The van der Waals surface area contributed by atoms with Crippen LogP contribution in [0.15, 0.2) is 66.7 Å². The van der Waals surface area contributed by atoms with Crippen molar-refractivity contribution in [1.82, 2.24) is 9.97 Å². The lowest BCUT2D eigenvalue weighted by atomic mass is 10.1. The number of benzene rings is 3. The van der Waals surface area contributed by atoms with Gasteiger partial charge in [-0.1, -0.05) is 36.4 Å². The van der Waals surface area contributed by atoms with Crippen LogP contribution >= 0.6 is 0 Å². The van der Waals surface area contributed by atoms with Crippen LogP contribution in [0.4, 0.5) is 5.69 Å². The van der Waals surface area contributed by atoms with Crippen molar-refractivity contribution < 1.29 is 14.3 Å². The quantitative estimate of drug-likeness (QED) is 0.351. The molecule has 0 fully saturated rings. The number of allylic oxidation sites excluding steroid dienone is 1. The van der Waals surface area contributed by atoms with Gasteiger partial charge >= 0.3 is 0 Å². The summed E-state index contributed by atoms with van der Waals surface area (Å²) in [5.74, 6) is 1.16. The van der Waals surface area contributed by atoms with Gasteiger partial charge < -0.3 is 19.8 Å². The number of nitrogens with zero attached hydrogens (tertiary/aromatic N) is 2. The van der Waals surface area contributed by atoms with Crippen LogP contribution in [-0.4, -0.2) is 29.1 Å². The molecule has 1 amide bonds. The summed E-state index contributed by atoms with van der Waals surface area (Å²) in [5, 5.41) is 12.5. The smallest absolute Gasteiger partial charge is 0.262 e. The van der Waals surface area contributed by atoms with Crippen LogP contribution in [0.25, 0.3) is 22.7 Å². The molecule has 1 aromatic heterocycles. The van der Waals surface area contributed by atoms with Crippen molar-refractivity contribution in [2.75, 3.05) is 18.5 Å². The summed E-state index contributed by atoms with van der Waals surface area (Å²) in [6, 6.07) is 22.7. The Kier molecular flexibility index (Phi) is 6.89. The van der Waals surface area contributed by atoms with Crippen molar-refractivity contribution in [2.45, 2.75) is 13.8 Å². The number of rotatable bonds is 8. The van der Waals surface area contributed by atoms with Gasteiger partial charge in [-0.3, -0.25) is 4.79 Å². The Morgan fingerprint density at radius 2 is 1.88 bits per heavy atom.